The fraction of sp³-hybridized carbons (Fsp3) is 0.857. The average Bonchev–Trinajstić information content (AvgIpc) is 2.14. The van der Waals surface area contributed by atoms with Gasteiger partial charge >= 0.3 is 0 Å². The van der Waals surface area contributed by atoms with E-state index in [4.69, 9.17) is 0 Å². The molecule has 0 radical (unpaired) electrons. The lowest BCUT2D eigenvalue weighted by molar-refractivity contribution is -0.130. The summed E-state index contributed by atoms with van der Waals surface area (Å²) in [7, 11) is 0. The summed E-state index contributed by atoms with van der Waals surface area (Å²) in [5.41, 5.74) is 0. The van der Waals surface area contributed by atoms with Crippen LogP contribution >= 0.6 is 0 Å². The zero-order valence-corrected chi connectivity index (χ0v) is 6.37. The van der Waals surface area contributed by atoms with E-state index in [2.05, 4.69) is 0 Å². The number of aliphatic hydroxyl groups excluding tert-OH is 1. The maximum absolute atomic E-state index is 10.8. The highest BCUT2D eigenvalue weighted by Gasteiger charge is 2.30. The summed E-state index contributed by atoms with van der Waals surface area (Å²) in [4.78, 5) is 12.5. The van der Waals surface area contributed by atoms with Crippen molar-refractivity contribution in [2.45, 2.75) is 32.4 Å². The monoisotopic (exact) mass is 143 g/mol. The predicted molar refractivity (Wildman–Crippen MR) is 37.5 cm³/mol. The van der Waals surface area contributed by atoms with Gasteiger partial charge in [0.15, 0.2) is 0 Å². The number of aliphatic hydroxyl groups is 1. The van der Waals surface area contributed by atoms with Crippen molar-refractivity contribution in [3.63, 3.8) is 0 Å². The van der Waals surface area contributed by atoms with E-state index < -0.39 is 0 Å². The van der Waals surface area contributed by atoms with Gasteiger partial charge in [0.1, 0.15) is 0 Å². The number of rotatable bonds is 0. The summed E-state index contributed by atoms with van der Waals surface area (Å²) >= 11 is 0. The lowest BCUT2D eigenvalue weighted by atomic mass is 10.2. The van der Waals surface area contributed by atoms with Gasteiger partial charge in [0.2, 0.25) is 5.91 Å². The van der Waals surface area contributed by atoms with Crippen molar-refractivity contribution in [3.8, 4) is 0 Å². The summed E-state index contributed by atoms with van der Waals surface area (Å²) in [5.74, 6) is 0.0593. The molecule has 58 valence electrons. The van der Waals surface area contributed by atoms with Crippen LogP contribution in [0.3, 0.4) is 0 Å². The standard InChI is InChI=1S/C7H13NO2/c1-5-7(10)3-4-8(5)6(2)9/h5,7,10H,3-4H2,1-2H3/t5-,7-/m0/s1. The third-order valence-corrected chi connectivity index (χ3v) is 2.12. The molecule has 2 atom stereocenters. The van der Waals surface area contributed by atoms with Gasteiger partial charge in [0, 0.05) is 13.5 Å². The van der Waals surface area contributed by atoms with Gasteiger partial charge in [-0.25, -0.2) is 0 Å². The van der Waals surface area contributed by atoms with Crippen LogP contribution in [-0.2, 0) is 4.79 Å². The number of hydrogen-bond acceptors (Lipinski definition) is 2. The molecule has 1 heterocycles. The maximum Gasteiger partial charge on any atom is 0.219 e. The second-order valence-electron chi connectivity index (χ2n) is 2.81. The summed E-state index contributed by atoms with van der Waals surface area (Å²) < 4.78 is 0. The first-order chi connectivity index (χ1) is 4.63. The minimum Gasteiger partial charge on any atom is -0.391 e. The molecule has 3 nitrogen and oxygen atoms in total. The Morgan fingerprint density at radius 2 is 2.30 bits per heavy atom. The van der Waals surface area contributed by atoms with E-state index in [0.717, 1.165) is 6.42 Å². The number of nitrogens with zero attached hydrogens (tertiary/aromatic N) is 1. The largest absolute Gasteiger partial charge is 0.391 e. The molecular formula is C7H13NO2. The van der Waals surface area contributed by atoms with E-state index in [1.807, 2.05) is 6.92 Å². The molecular weight excluding hydrogens is 130 g/mol. The van der Waals surface area contributed by atoms with Crippen molar-refractivity contribution < 1.29 is 9.90 Å². The van der Waals surface area contributed by atoms with E-state index in [1.54, 1.807) is 4.90 Å². The van der Waals surface area contributed by atoms with Gasteiger partial charge < -0.3 is 10.0 Å². The van der Waals surface area contributed by atoms with E-state index in [1.165, 1.54) is 6.92 Å². The van der Waals surface area contributed by atoms with Gasteiger partial charge in [-0.2, -0.15) is 0 Å². The first-order valence-electron chi connectivity index (χ1n) is 3.58. The molecule has 0 spiro atoms. The van der Waals surface area contributed by atoms with Crippen LogP contribution in [0.5, 0.6) is 0 Å². The quantitative estimate of drug-likeness (QED) is 0.518. The predicted octanol–water partition coefficient (Wildman–Crippen LogP) is -0.0120. The van der Waals surface area contributed by atoms with Gasteiger partial charge in [-0.3, -0.25) is 4.79 Å². The number of hydrogen-bond donors (Lipinski definition) is 1. The lowest BCUT2D eigenvalue weighted by Gasteiger charge is -2.20. The van der Waals surface area contributed by atoms with E-state index in [9.17, 15) is 9.90 Å². The smallest absolute Gasteiger partial charge is 0.219 e. The molecule has 1 fully saturated rings. The summed E-state index contributed by atoms with van der Waals surface area (Å²) in [6, 6.07) is 0.0116. The Balaban J connectivity index is 2.57. The Kier molecular flexibility index (Phi) is 1.94. The van der Waals surface area contributed by atoms with Gasteiger partial charge in [-0.15, -0.1) is 0 Å². The highest BCUT2D eigenvalue weighted by atomic mass is 16.3. The third kappa shape index (κ3) is 1.14. The molecule has 0 aromatic rings. The van der Waals surface area contributed by atoms with E-state index >= 15 is 0 Å². The van der Waals surface area contributed by atoms with Crippen LogP contribution < -0.4 is 0 Å². The van der Waals surface area contributed by atoms with E-state index in [-0.39, 0.29) is 18.1 Å². The SMILES string of the molecule is CC(=O)N1CC[C@H](O)[C@@H]1C. The van der Waals surface area contributed by atoms with Gasteiger partial charge in [0.05, 0.1) is 12.1 Å². The molecule has 3 heteroatoms. The second-order valence-corrected chi connectivity index (χ2v) is 2.81. The Morgan fingerprint density at radius 3 is 2.50 bits per heavy atom. The van der Waals surface area contributed by atoms with Crippen LogP contribution in [0.2, 0.25) is 0 Å². The molecule has 0 saturated carbocycles. The van der Waals surface area contributed by atoms with E-state index in [0.29, 0.717) is 6.54 Å². The molecule has 10 heavy (non-hydrogen) atoms. The van der Waals surface area contributed by atoms with Crippen molar-refractivity contribution >= 4 is 5.91 Å². The summed E-state index contributed by atoms with van der Waals surface area (Å²) in [5, 5.41) is 9.22. The molecule has 1 amide bonds. The lowest BCUT2D eigenvalue weighted by Crippen LogP contribution is -2.35. The zero-order valence-electron chi connectivity index (χ0n) is 6.37. The molecule has 1 saturated heterocycles. The highest BCUT2D eigenvalue weighted by molar-refractivity contribution is 5.73. The topological polar surface area (TPSA) is 40.5 Å². The Labute approximate surface area is 60.6 Å². The first kappa shape index (κ1) is 7.54. The van der Waals surface area contributed by atoms with Crippen LogP contribution in [0.15, 0.2) is 0 Å². The number of amides is 1. The fourth-order valence-corrected chi connectivity index (χ4v) is 1.37. The van der Waals surface area contributed by atoms with Crippen molar-refractivity contribution in [2.24, 2.45) is 0 Å². The summed E-state index contributed by atoms with van der Waals surface area (Å²) in [6.07, 6.45) is 0.407. The summed E-state index contributed by atoms with van der Waals surface area (Å²) in [6.45, 7) is 4.12. The van der Waals surface area contributed by atoms with Crippen molar-refractivity contribution in [1.82, 2.24) is 4.90 Å². The van der Waals surface area contributed by atoms with Crippen molar-refractivity contribution in [2.75, 3.05) is 6.54 Å². The number of likely N-dealkylation sites (tertiary alicyclic amines) is 1. The van der Waals surface area contributed by atoms with Crippen LogP contribution in [0.4, 0.5) is 0 Å². The minimum absolute atomic E-state index is 0.0116. The molecule has 1 rings (SSSR count). The molecule has 0 aromatic heterocycles. The van der Waals surface area contributed by atoms with Gasteiger partial charge in [-0.05, 0) is 13.3 Å². The molecule has 1 N–H and O–H groups in total. The molecule has 1 aliphatic rings. The Hall–Kier alpha value is -0.570. The molecule has 0 aromatic carbocycles. The normalized spacial score (nSPS) is 32.9. The Bertz CT molecular complexity index is 147. The Morgan fingerprint density at radius 1 is 1.70 bits per heavy atom. The molecule has 0 unspecified atom stereocenters. The van der Waals surface area contributed by atoms with Crippen LogP contribution in [0.1, 0.15) is 20.3 Å². The van der Waals surface area contributed by atoms with Crippen LogP contribution in [-0.4, -0.2) is 34.6 Å². The van der Waals surface area contributed by atoms with Crippen molar-refractivity contribution in [1.29, 1.82) is 0 Å². The van der Waals surface area contributed by atoms with Crippen LogP contribution in [0, 0.1) is 0 Å². The van der Waals surface area contributed by atoms with Gasteiger partial charge in [-0.1, -0.05) is 0 Å². The molecule has 0 bridgehead atoms. The minimum atomic E-state index is -0.316. The van der Waals surface area contributed by atoms with Crippen molar-refractivity contribution in [3.05, 3.63) is 0 Å². The molecule has 1 aliphatic heterocycles. The highest BCUT2D eigenvalue weighted by Crippen LogP contribution is 2.16. The first-order valence-corrected chi connectivity index (χ1v) is 3.58. The number of carbonyl (C=O) groups is 1. The maximum atomic E-state index is 10.8. The second kappa shape index (κ2) is 2.58. The van der Waals surface area contributed by atoms with Gasteiger partial charge in [0.25, 0.3) is 0 Å². The third-order valence-electron chi connectivity index (χ3n) is 2.12. The molecule has 0 aliphatic carbocycles. The van der Waals surface area contributed by atoms with Crippen LogP contribution in [0.25, 0.3) is 0 Å². The average molecular weight is 143 g/mol. The fourth-order valence-electron chi connectivity index (χ4n) is 1.37. The number of carbonyl (C=O) groups excluding carboxylic acids is 1. The zero-order chi connectivity index (χ0) is 7.72.